The Balaban J connectivity index is 0.00000243. The third-order valence-corrected chi connectivity index (χ3v) is 4.58. The van der Waals surface area contributed by atoms with Gasteiger partial charge in [-0.2, -0.15) is 0 Å². The summed E-state index contributed by atoms with van der Waals surface area (Å²) in [5.41, 5.74) is 3.40. The molecule has 0 heterocycles. The minimum atomic E-state index is 0. The van der Waals surface area contributed by atoms with Crippen molar-refractivity contribution in [3.05, 3.63) is 101 Å². The van der Waals surface area contributed by atoms with Crippen molar-refractivity contribution < 1.29 is 4.74 Å². The number of para-hydroxylation sites is 1. The van der Waals surface area contributed by atoms with E-state index in [1.807, 2.05) is 48.5 Å². The van der Waals surface area contributed by atoms with E-state index in [2.05, 4.69) is 42.6 Å². The molecule has 0 aliphatic heterocycles. The topological polar surface area (TPSA) is 21.3 Å². The molecule has 3 rings (SSSR count). The molecule has 1 unspecified atom stereocenters. The van der Waals surface area contributed by atoms with Crippen LogP contribution in [0.25, 0.3) is 0 Å². The van der Waals surface area contributed by atoms with Crippen molar-refractivity contribution in [2.24, 2.45) is 0 Å². The predicted molar refractivity (Wildman–Crippen MR) is 111 cm³/mol. The van der Waals surface area contributed by atoms with Crippen molar-refractivity contribution in [3.63, 3.8) is 0 Å². The lowest BCUT2D eigenvalue weighted by atomic mass is 10.1. The molecular formula is C22H23Cl2NO. The van der Waals surface area contributed by atoms with Crippen LogP contribution in [0, 0.1) is 0 Å². The highest BCUT2D eigenvalue weighted by atomic mass is 35.5. The van der Waals surface area contributed by atoms with Crippen LogP contribution in [0.5, 0.6) is 5.75 Å². The van der Waals surface area contributed by atoms with Crippen molar-refractivity contribution in [2.45, 2.75) is 26.1 Å². The zero-order valence-corrected chi connectivity index (χ0v) is 16.3. The standard InChI is InChI=1S/C22H22ClNO.ClH/c1-17(18-9-3-2-4-10-18)24-15-19-11-6-8-14-22(19)25-16-20-12-5-7-13-21(20)23;/h2-14,17,24H,15-16H2,1H3;1H. The maximum Gasteiger partial charge on any atom is 0.124 e. The van der Waals surface area contributed by atoms with Gasteiger partial charge in [-0.15, -0.1) is 12.4 Å². The molecule has 136 valence electrons. The third kappa shape index (κ3) is 5.50. The molecule has 3 aromatic carbocycles. The summed E-state index contributed by atoms with van der Waals surface area (Å²) in [5, 5.41) is 4.29. The first-order valence-electron chi connectivity index (χ1n) is 8.46. The van der Waals surface area contributed by atoms with Gasteiger partial charge in [0.15, 0.2) is 0 Å². The first kappa shape index (κ1) is 20.3. The molecule has 0 saturated heterocycles. The molecule has 0 radical (unpaired) electrons. The Morgan fingerprint density at radius 2 is 1.46 bits per heavy atom. The highest BCUT2D eigenvalue weighted by Gasteiger charge is 2.08. The van der Waals surface area contributed by atoms with Crippen LogP contribution in [0.4, 0.5) is 0 Å². The average molecular weight is 388 g/mol. The molecule has 0 aliphatic carbocycles. The second-order valence-corrected chi connectivity index (χ2v) is 6.41. The fourth-order valence-corrected chi connectivity index (χ4v) is 2.87. The highest BCUT2D eigenvalue weighted by Crippen LogP contribution is 2.23. The minimum Gasteiger partial charge on any atom is -0.489 e. The largest absolute Gasteiger partial charge is 0.489 e. The normalized spacial score (nSPS) is 11.5. The van der Waals surface area contributed by atoms with Gasteiger partial charge >= 0.3 is 0 Å². The highest BCUT2D eigenvalue weighted by molar-refractivity contribution is 6.31. The molecule has 26 heavy (non-hydrogen) atoms. The van der Waals surface area contributed by atoms with Gasteiger partial charge in [-0.25, -0.2) is 0 Å². The second kappa shape index (κ2) is 10.2. The molecule has 0 bridgehead atoms. The van der Waals surface area contributed by atoms with E-state index in [0.29, 0.717) is 6.61 Å². The van der Waals surface area contributed by atoms with E-state index in [1.165, 1.54) is 5.56 Å². The van der Waals surface area contributed by atoms with Crippen molar-refractivity contribution in [1.29, 1.82) is 0 Å². The second-order valence-electron chi connectivity index (χ2n) is 6.00. The number of ether oxygens (including phenoxy) is 1. The van der Waals surface area contributed by atoms with Gasteiger partial charge < -0.3 is 10.1 Å². The summed E-state index contributed by atoms with van der Waals surface area (Å²) in [7, 11) is 0. The Hall–Kier alpha value is -2.00. The molecule has 0 fully saturated rings. The SMILES string of the molecule is CC(NCc1ccccc1OCc1ccccc1Cl)c1ccccc1.Cl. The summed E-state index contributed by atoms with van der Waals surface area (Å²) < 4.78 is 6.02. The van der Waals surface area contributed by atoms with Crippen LogP contribution >= 0.6 is 24.0 Å². The van der Waals surface area contributed by atoms with Crippen LogP contribution in [0.2, 0.25) is 5.02 Å². The van der Waals surface area contributed by atoms with Crippen LogP contribution in [0.15, 0.2) is 78.9 Å². The van der Waals surface area contributed by atoms with Crippen LogP contribution in [-0.4, -0.2) is 0 Å². The van der Waals surface area contributed by atoms with E-state index >= 15 is 0 Å². The lowest BCUT2D eigenvalue weighted by molar-refractivity contribution is 0.302. The van der Waals surface area contributed by atoms with E-state index < -0.39 is 0 Å². The number of rotatable bonds is 7. The molecule has 0 aliphatic rings. The lowest BCUT2D eigenvalue weighted by Crippen LogP contribution is -2.18. The van der Waals surface area contributed by atoms with Gasteiger partial charge in [0.1, 0.15) is 12.4 Å². The molecule has 0 spiro atoms. The van der Waals surface area contributed by atoms with Crippen LogP contribution in [0.1, 0.15) is 29.7 Å². The van der Waals surface area contributed by atoms with E-state index in [1.54, 1.807) is 0 Å². The summed E-state index contributed by atoms with van der Waals surface area (Å²) in [6.45, 7) is 3.38. The molecule has 3 aromatic rings. The third-order valence-electron chi connectivity index (χ3n) is 4.21. The maximum atomic E-state index is 6.21. The Labute approximate surface area is 166 Å². The summed E-state index contributed by atoms with van der Waals surface area (Å²) >= 11 is 6.21. The monoisotopic (exact) mass is 387 g/mol. The predicted octanol–water partition coefficient (Wildman–Crippen LogP) is 6.19. The summed E-state index contributed by atoms with van der Waals surface area (Å²) in [5.74, 6) is 0.884. The first-order valence-corrected chi connectivity index (χ1v) is 8.84. The Bertz CT molecular complexity index is 808. The van der Waals surface area contributed by atoms with Gasteiger partial charge in [0.25, 0.3) is 0 Å². The van der Waals surface area contributed by atoms with Gasteiger partial charge in [0.05, 0.1) is 0 Å². The van der Waals surface area contributed by atoms with E-state index in [4.69, 9.17) is 16.3 Å². The quantitative estimate of drug-likeness (QED) is 0.521. The van der Waals surface area contributed by atoms with Crippen LogP contribution in [0.3, 0.4) is 0 Å². The fraction of sp³-hybridized carbons (Fsp3) is 0.182. The lowest BCUT2D eigenvalue weighted by Gasteiger charge is -2.17. The first-order chi connectivity index (χ1) is 12.2. The molecule has 2 nitrogen and oxygen atoms in total. The molecule has 0 amide bonds. The zero-order valence-electron chi connectivity index (χ0n) is 14.7. The van der Waals surface area contributed by atoms with Gasteiger partial charge in [0, 0.05) is 28.7 Å². The van der Waals surface area contributed by atoms with Crippen LogP contribution in [-0.2, 0) is 13.2 Å². The number of hydrogen-bond donors (Lipinski definition) is 1. The van der Waals surface area contributed by atoms with Gasteiger partial charge in [0.2, 0.25) is 0 Å². The van der Waals surface area contributed by atoms with Crippen molar-refractivity contribution in [2.75, 3.05) is 0 Å². The number of nitrogens with one attached hydrogen (secondary N) is 1. The fourth-order valence-electron chi connectivity index (χ4n) is 2.68. The van der Waals surface area contributed by atoms with Crippen LogP contribution < -0.4 is 10.1 Å². The zero-order chi connectivity index (χ0) is 17.5. The van der Waals surface area contributed by atoms with Gasteiger partial charge in [-0.3, -0.25) is 0 Å². The van der Waals surface area contributed by atoms with Crippen molar-refractivity contribution >= 4 is 24.0 Å². The van der Waals surface area contributed by atoms with E-state index in [-0.39, 0.29) is 18.4 Å². The Morgan fingerprint density at radius 3 is 2.19 bits per heavy atom. The van der Waals surface area contributed by atoms with E-state index in [9.17, 15) is 0 Å². The molecule has 4 heteroatoms. The number of hydrogen-bond acceptors (Lipinski definition) is 2. The number of benzene rings is 3. The Morgan fingerprint density at radius 1 is 0.846 bits per heavy atom. The molecule has 1 atom stereocenters. The molecular weight excluding hydrogens is 365 g/mol. The average Bonchev–Trinajstić information content (AvgIpc) is 2.67. The smallest absolute Gasteiger partial charge is 0.124 e. The summed E-state index contributed by atoms with van der Waals surface area (Å²) in [4.78, 5) is 0. The summed E-state index contributed by atoms with van der Waals surface area (Å²) in [6.07, 6.45) is 0. The number of halogens is 2. The van der Waals surface area contributed by atoms with Gasteiger partial charge in [-0.1, -0.05) is 78.3 Å². The van der Waals surface area contributed by atoms with E-state index in [0.717, 1.165) is 28.4 Å². The summed E-state index contributed by atoms with van der Waals surface area (Å²) in [6, 6.07) is 26.6. The van der Waals surface area contributed by atoms with Crippen molar-refractivity contribution in [3.8, 4) is 5.75 Å². The Kier molecular flexibility index (Phi) is 7.99. The molecule has 0 aromatic heterocycles. The minimum absolute atomic E-state index is 0. The molecule has 0 saturated carbocycles. The maximum absolute atomic E-state index is 6.21. The van der Waals surface area contributed by atoms with Crippen molar-refractivity contribution in [1.82, 2.24) is 5.32 Å². The van der Waals surface area contributed by atoms with Gasteiger partial charge in [-0.05, 0) is 24.6 Å². The molecule has 1 N–H and O–H groups in total.